The molecular formula is C37H59Cl2N5O8. The van der Waals surface area contributed by atoms with Crippen molar-refractivity contribution >= 4 is 52.8 Å². The Morgan fingerprint density at radius 2 is 1.62 bits per heavy atom. The minimum Gasteiger partial charge on any atom is -0.508 e. The van der Waals surface area contributed by atoms with Crippen molar-refractivity contribution in [2.24, 2.45) is 17.6 Å². The largest absolute Gasteiger partial charge is 0.508 e. The van der Waals surface area contributed by atoms with Gasteiger partial charge in [0.05, 0.1) is 0 Å². The summed E-state index contributed by atoms with van der Waals surface area (Å²) in [6.45, 7) is 7.73. The van der Waals surface area contributed by atoms with Crippen LogP contribution in [0.5, 0.6) is 5.75 Å². The highest BCUT2D eigenvalue weighted by atomic mass is 35.5. The normalized spacial score (nSPS) is 18.0. The Balaban J connectivity index is 2.17. The summed E-state index contributed by atoms with van der Waals surface area (Å²) in [7, 11) is 1.50. The summed E-state index contributed by atoms with van der Waals surface area (Å²) in [5, 5.41) is 35.5. The lowest BCUT2D eigenvalue weighted by molar-refractivity contribution is -0.150. The van der Waals surface area contributed by atoms with Crippen LogP contribution < -0.4 is 16.4 Å². The summed E-state index contributed by atoms with van der Waals surface area (Å²) >= 11 is 11.5. The number of nitrogens with one attached hydrogen (secondary N) is 2. The zero-order valence-corrected chi connectivity index (χ0v) is 32.6. The Labute approximate surface area is 317 Å². The molecule has 7 N–H and O–H groups in total. The third-order valence-electron chi connectivity index (χ3n) is 9.78. The molecule has 0 aliphatic carbocycles. The SMILES string of the molecule is CCC(C)C(NC(=O)C(O)C(N)CCCCCCC(Cl)Cl)C(=O)N(C)C(CC(C)C)C(=O)N1CCCC1C(=O)NC(Cc1ccc(O)cc1)C(=O)O. The molecule has 0 saturated carbocycles. The number of alkyl halides is 2. The van der Waals surface area contributed by atoms with E-state index in [2.05, 4.69) is 10.6 Å². The average Bonchev–Trinajstić information content (AvgIpc) is 3.60. The number of aliphatic hydroxyl groups is 1. The summed E-state index contributed by atoms with van der Waals surface area (Å²) < 4.78 is 0. The monoisotopic (exact) mass is 771 g/mol. The van der Waals surface area contributed by atoms with Crippen LogP contribution in [0, 0.1) is 11.8 Å². The maximum Gasteiger partial charge on any atom is 0.326 e. The molecule has 4 amide bonds. The molecule has 1 fully saturated rings. The molecule has 1 aliphatic heterocycles. The fourth-order valence-electron chi connectivity index (χ4n) is 6.38. The van der Waals surface area contributed by atoms with Crippen LogP contribution in [-0.4, -0.2) is 109 Å². The molecule has 0 bridgehead atoms. The van der Waals surface area contributed by atoms with Gasteiger partial charge < -0.3 is 41.5 Å². The number of phenols is 1. The molecule has 1 aromatic rings. The number of carbonyl (C=O) groups excluding carboxylic acids is 4. The fourth-order valence-corrected chi connectivity index (χ4v) is 6.69. The van der Waals surface area contributed by atoms with Gasteiger partial charge in [-0.1, -0.05) is 71.9 Å². The van der Waals surface area contributed by atoms with E-state index in [1.807, 2.05) is 20.8 Å². The molecule has 1 aromatic carbocycles. The second-order valence-electron chi connectivity index (χ2n) is 14.4. The Kier molecular flexibility index (Phi) is 19.2. The van der Waals surface area contributed by atoms with Crippen LogP contribution in [0.3, 0.4) is 0 Å². The van der Waals surface area contributed by atoms with Crippen molar-refractivity contribution in [2.75, 3.05) is 13.6 Å². The average molecular weight is 773 g/mol. The van der Waals surface area contributed by atoms with E-state index in [0.717, 1.165) is 19.3 Å². The lowest BCUT2D eigenvalue weighted by Gasteiger charge is -2.37. The zero-order valence-electron chi connectivity index (χ0n) is 31.1. The van der Waals surface area contributed by atoms with Crippen LogP contribution in [0.15, 0.2) is 24.3 Å². The van der Waals surface area contributed by atoms with E-state index < -0.39 is 70.7 Å². The maximum absolute atomic E-state index is 14.2. The van der Waals surface area contributed by atoms with Gasteiger partial charge in [0.2, 0.25) is 17.7 Å². The quantitative estimate of drug-likeness (QED) is 0.0750. The zero-order chi connectivity index (χ0) is 39.1. The number of amides is 4. The minimum atomic E-state index is -1.54. The third kappa shape index (κ3) is 14.0. The highest BCUT2D eigenvalue weighted by molar-refractivity contribution is 6.44. The second-order valence-corrected chi connectivity index (χ2v) is 15.7. The first kappa shape index (κ1) is 45.0. The molecule has 2 rings (SSSR count). The number of phenolic OH excluding ortho intramolecular Hbond substituents is 1. The molecule has 294 valence electrons. The van der Waals surface area contributed by atoms with Gasteiger partial charge in [0.15, 0.2) is 0 Å². The van der Waals surface area contributed by atoms with Crippen molar-refractivity contribution in [1.82, 2.24) is 20.4 Å². The number of carboxylic acid groups (broad SMARTS) is 1. The number of aliphatic carboxylic acids is 1. The molecule has 15 heteroatoms. The van der Waals surface area contributed by atoms with Gasteiger partial charge in [-0.2, -0.15) is 0 Å². The number of aromatic hydroxyl groups is 1. The van der Waals surface area contributed by atoms with Gasteiger partial charge in [0.1, 0.15) is 40.9 Å². The third-order valence-corrected chi connectivity index (χ3v) is 10.2. The molecular weight excluding hydrogens is 713 g/mol. The van der Waals surface area contributed by atoms with Crippen molar-refractivity contribution in [3.63, 3.8) is 0 Å². The van der Waals surface area contributed by atoms with E-state index in [4.69, 9.17) is 28.9 Å². The van der Waals surface area contributed by atoms with Crippen molar-refractivity contribution in [1.29, 1.82) is 0 Å². The predicted octanol–water partition coefficient (Wildman–Crippen LogP) is 3.73. The van der Waals surface area contributed by atoms with Gasteiger partial charge in [-0.25, -0.2) is 4.79 Å². The van der Waals surface area contributed by atoms with E-state index in [0.29, 0.717) is 44.1 Å². The molecule has 7 atom stereocenters. The smallest absolute Gasteiger partial charge is 0.326 e. The number of aliphatic hydroxyl groups excluding tert-OH is 1. The van der Waals surface area contributed by atoms with Crippen LogP contribution in [0.2, 0.25) is 0 Å². The van der Waals surface area contributed by atoms with E-state index in [1.165, 1.54) is 29.0 Å². The van der Waals surface area contributed by atoms with Crippen LogP contribution in [0.4, 0.5) is 0 Å². The molecule has 0 spiro atoms. The van der Waals surface area contributed by atoms with E-state index >= 15 is 0 Å². The van der Waals surface area contributed by atoms with Gasteiger partial charge in [-0.15, -0.1) is 23.2 Å². The summed E-state index contributed by atoms with van der Waals surface area (Å²) in [6.07, 6.45) is 4.44. The Morgan fingerprint density at radius 3 is 2.17 bits per heavy atom. The molecule has 1 saturated heterocycles. The number of nitrogens with two attached hydrogens (primary N) is 1. The Morgan fingerprint density at radius 1 is 1.00 bits per heavy atom. The molecule has 0 aromatic heterocycles. The Bertz CT molecular complexity index is 1320. The summed E-state index contributed by atoms with van der Waals surface area (Å²) in [6, 6.07) is 0.923. The first-order valence-corrected chi connectivity index (χ1v) is 19.3. The van der Waals surface area contributed by atoms with Gasteiger partial charge >= 0.3 is 5.97 Å². The van der Waals surface area contributed by atoms with Gasteiger partial charge in [0, 0.05) is 26.1 Å². The lowest BCUT2D eigenvalue weighted by Crippen LogP contribution is -2.60. The lowest BCUT2D eigenvalue weighted by atomic mass is 9.94. The standard InChI is InChI=1S/C37H59Cl2N5O8/c1-6-23(4)31(42-34(48)32(46)26(40)12-9-7-8-10-14-30(38)39)36(50)43(5)29(20-22(2)3)35(49)44-19-11-13-28(44)33(47)41-27(37(51)52)21-24-15-17-25(45)18-16-24/h15-18,22-23,26-32,45-46H,6-14,19-21,40H2,1-5H3,(H,41,47)(H,42,48)(H,51,52). The molecule has 0 radical (unpaired) electrons. The first-order valence-electron chi connectivity index (χ1n) is 18.4. The summed E-state index contributed by atoms with van der Waals surface area (Å²) in [5.74, 6) is -3.93. The minimum absolute atomic E-state index is 0.0245. The number of hydrogen-bond acceptors (Lipinski definition) is 8. The second kappa shape index (κ2) is 22.2. The van der Waals surface area contributed by atoms with Crippen LogP contribution in [-0.2, 0) is 30.4 Å². The summed E-state index contributed by atoms with van der Waals surface area (Å²) in [4.78, 5) is 69.5. The van der Waals surface area contributed by atoms with E-state index in [-0.39, 0.29) is 37.0 Å². The molecule has 1 aliphatic rings. The predicted molar refractivity (Wildman–Crippen MR) is 201 cm³/mol. The van der Waals surface area contributed by atoms with Gasteiger partial charge in [0.25, 0.3) is 5.91 Å². The molecule has 52 heavy (non-hydrogen) atoms. The number of hydrogen-bond donors (Lipinski definition) is 6. The number of rotatable bonds is 22. The molecule has 13 nitrogen and oxygen atoms in total. The number of nitrogens with zero attached hydrogens (tertiary/aromatic N) is 2. The number of likely N-dealkylation sites (tertiary alicyclic amines) is 1. The number of carboxylic acids is 1. The van der Waals surface area contributed by atoms with Crippen molar-refractivity contribution in [3.8, 4) is 5.75 Å². The van der Waals surface area contributed by atoms with Crippen molar-refractivity contribution in [2.45, 2.75) is 139 Å². The van der Waals surface area contributed by atoms with E-state index in [1.54, 1.807) is 19.1 Å². The molecule has 7 unspecified atom stereocenters. The van der Waals surface area contributed by atoms with Crippen LogP contribution in [0.25, 0.3) is 0 Å². The topological polar surface area (TPSA) is 203 Å². The number of benzene rings is 1. The van der Waals surface area contributed by atoms with Crippen molar-refractivity contribution < 1.29 is 39.3 Å². The number of carbonyl (C=O) groups is 5. The van der Waals surface area contributed by atoms with Crippen molar-refractivity contribution in [3.05, 3.63) is 29.8 Å². The van der Waals surface area contributed by atoms with Gasteiger partial charge in [-0.3, -0.25) is 19.2 Å². The number of halogens is 2. The van der Waals surface area contributed by atoms with Crippen LogP contribution >= 0.6 is 23.2 Å². The van der Waals surface area contributed by atoms with E-state index in [9.17, 15) is 39.3 Å². The number of unbranched alkanes of at least 4 members (excludes halogenated alkanes) is 3. The van der Waals surface area contributed by atoms with Gasteiger partial charge in [-0.05, 0) is 61.6 Å². The summed E-state index contributed by atoms with van der Waals surface area (Å²) in [5.41, 5.74) is 6.77. The number of likely N-dealkylation sites (N-methyl/N-ethyl adjacent to an activating group) is 1. The maximum atomic E-state index is 14.2. The highest BCUT2D eigenvalue weighted by Gasteiger charge is 2.42. The fraction of sp³-hybridized carbons (Fsp3) is 0.703. The first-order chi connectivity index (χ1) is 24.5. The van der Waals surface area contributed by atoms with Crippen LogP contribution in [0.1, 0.15) is 97.5 Å². The molecule has 1 heterocycles. The highest BCUT2D eigenvalue weighted by Crippen LogP contribution is 2.24. The Hall–Kier alpha value is -3.13.